The molecule has 0 heterocycles. The monoisotopic (exact) mass is 229 g/mol. The Morgan fingerprint density at radius 2 is 1.88 bits per heavy atom. The number of nitrogens with one attached hydrogen (secondary N) is 1. The van der Waals surface area contributed by atoms with Crippen molar-refractivity contribution in [3.63, 3.8) is 0 Å². The largest absolute Gasteiger partial charge is 0.467 e. The number of esters is 1. The summed E-state index contributed by atoms with van der Waals surface area (Å²) in [4.78, 5) is 11.4. The molecular formula is C14H15NO2. The summed E-state index contributed by atoms with van der Waals surface area (Å²) in [6, 6.07) is 13.7. The average Bonchev–Trinajstić information content (AvgIpc) is 2.38. The molecule has 1 N–H and O–H groups in total. The molecule has 2 aromatic rings. The zero-order chi connectivity index (χ0) is 12.3. The van der Waals surface area contributed by atoms with Crippen molar-refractivity contribution in [2.24, 2.45) is 0 Å². The van der Waals surface area contributed by atoms with Crippen molar-refractivity contribution >= 4 is 22.4 Å². The molecule has 88 valence electrons. The van der Waals surface area contributed by atoms with Crippen molar-refractivity contribution in [3.8, 4) is 0 Å². The highest BCUT2D eigenvalue weighted by atomic mass is 16.5. The van der Waals surface area contributed by atoms with E-state index >= 15 is 0 Å². The van der Waals surface area contributed by atoms with Gasteiger partial charge in [0.15, 0.2) is 0 Å². The number of fused-ring (bicyclic) bond motifs is 1. The lowest BCUT2D eigenvalue weighted by atomic mass is 10.1. The fraction of sp³-hybridized carbons (Fsp3) is 0.214. The maximum absolute atomic E-state index is 11.4. The second kappa shape index (κ2) is 4.87. The Morgan fingerprint density at radius 3 is 2.65 bits per heavy atom. The van der Waals surface area contributed by atoms with Gasteiger partial charge in [-0.1, -0.05) is 36.4 Å². The molecule has 2 aromatic carbocycles. The van der Waals surface area contributed by atoms with Crippen LogP contribution in [0.3, 0.4) is 0 Å². The first-order valence-electron chi connectivity index (χ1n) is 5.54. The van der Waals surface area contributed by atoms with Crippen LogP contribution in [0.15, 0.2) is 42.5 Å². The number of hydrogen-bond donors (Lipinski definition) is 1. The Labute approximate surface area is 100 Å². The molecule has 0 spiro atoms. The summed E-state index contributed by atoms with van der Waals surface area (Å²) in [5, 5.41) is 5.41. The first-order valence-corrected chi connectivity index (χ1v) is 5.54. The summed E-state index contributed by atoms with van der Waals surface area (Å²) in [7, 11) is 1.39. The highest BCUT2D eigenvalue weighted by molar-refractivity contribution is 5.95. The van der Waals surface area contributed by atoms with E-state index in [1.807, 2.05) is 42.5 Å². The molecule has 1 unspecified atom stereocenters. The molecule has 0 saturated carbocycles. The van der Waals surface area contributed by atoms with Gasteiger partial charge in [-0.15, -0.1) is 0 Å². The maximum atomic E-state index is 11.4. The highest BCUT2D eigenvalue weighted by Crippen LogP contribution is 2.23. The molecular weight excluding hydrogens is 214 g/mol. The molecule has 0 aromatic heterocycles. The van der Waals surface area contributed by atoms with Gasteiger partial charge in [0.1, 0.15) is 6.04 Å². The Balaban J connectivity index is 2.33. The van der Waals surface area contributed by atoms with Crippen LogP contribution in [0.5, 0.6) is 0 Å². The molecule has 0 aliphatic rings. The molecule has 0 radical (unpaired) electrons. The van der Waals surface area contributed by atoms with Crippen LogP contribution in [0.1, 0.15) is 6.92 Å². The van der Waals surface area contributed by atoms with E-state index in [2.05, 4.69) is 5.32 Å². The Kier molecular flexibility index (Phi) is 3.28. The van der Waals surface area contributed by atoms with E-state index in [0.29, 0.717) is 0 Å². The molecule has 2 rings (SSSR count). The van der Waals surface area contributed by atoms with E-state index < -0.39 is 0 Å². The van der Waals surface area contributed by atoms with Gasteiger partial charge < -0.3 is 10.1 Å². The molecule has 0 aliphatic heterocycles. The van der Waals surface area contributed by atoms with Crippen molar-refractivity contribution in [2.45, 2.75) is 13.0 Å². The first-order chi connectivity index (χ1) is 8.22. The fourth-order valence-corrected chi connectivity index (χ4v) is 1.82. The van der Waals surface area contributed by atoms with Gasteiger partial charge in [-0.2, -0.15) is 0 Å². The Bertz CT molecular complexity index is 531. The number of carbonyl (C=O) groups excluding carboxylic acids is 1. The zero-order valence-corrected chi connectivity index (χ0v) is 9.94. The van der Waals surface area contributed by atoms with Crippen LogP contribution in [0, 0.1) is 0 Å². The van der Waals surface area contributed by atoms with Crippen LogP contribution in [-0.4, -0.2) is 19.1 Å². The topological polar surface area (TPSA) is 38.3 Å². The SMILES string of the molecule is COC(=O)C(C)Nc1cccc2ccccc12. The minimum atomic E-state index is -0.356. The normalized spacial score (nSPS) is 12.1. The summed E-state index contributed by atoms with van der Waals surface area (Å²) < 4.78 is 4.69. The maximum Gasteiger partial charge on any atom is 0.327 e. The standard InChI is InChI=1S/C14H15NO2/c1-10(14(16)17-2)15-13-9-5-7-11-6-3-4-8-12(11)13/h3-10,15H,1-2H3. The van der Waals surface area contributed by atoms with Gasteiger partial charge >= 0.3 is 5.97 Å². The number of rotatable bonds is 3. The lowest BCUT2D eigenvalue weighted by Gasteiger charge is -2.14. The van der Waals surface area contributed by atoms with Crippen LogP contribution in [0.25, 0.3) is 10.8 Å². The van der Waals surface area contributed by atoms with Gasteiger partial charge in [0.2, 0.25) is 0 Å². The lowest BCUT2D eigenvalue weighted by molar-refractivity contribution is -0.141. The van der Waals surface area contributed by atoms with E-state index in [-0.39, 0.29) is 12.0 Å². The number of carbonyl (C=O) groups is 1. The molecule has 3 nitrogen and oxygen atoms in total. The van der Waals surface area contributed by atoms with Crippen LogP contribution in [0.2, 0.25) is 0 Å². The molecule has 0 aliphatic carbocycles. The third-order valence-electron chi connectivity index (χ3n) is 2.72. The van der Waals surface area contributed by atoms with Crippen molar-refractivity contribution in [3.05, 3.63) is 42.5 Å². The van der Waals surface area contributed by atoms with E-state index in [4.69, 9.17) is 4.74 Å². The van der Waals surface area contributed by atoms with Gasteiger partial charge in [-0.25, -0.2) is 4.79 Å². The number of hydrogen-bond acceptors (Lipinski definition) is 3. The van der Waals surface area contributed by atoms with Gasteiger partial charge in [0.05, 0.1) is 7.11 Å². The molecule has 0 saturated heterocycles. The van der Waals surface area contributed by atoms with E-state index in [1.165, 1.54) is 7.11 Å². The second-order valence-corrected chi connectivity index (χ2v) is 3.92. The van der Waals surface area contributed by atoms with Crippen LogP contribution < -0.4 is 5.32 Å². The van der Waals surface area contributed by atoms with E-state index in [1.54, 1.807) is 6.92 Å². The third-order valence-corrected chi connectivity index (χ3v) is 2.72. The first kappa shape index (κ1) is 11.5. The van der Waals surface area contributed by atoms with Crippen molar-refractivity contribution in [1.29, 1.82) is 0 Å². The molecule has 0 bridgehead atoms. The quantitative estimate of drug-likeness (QED) is 0.822. The van der Waals surface area contributed by atoms with Gasteiger partial charge in [-0.05, 0) is 18.4 Å². The fourth-order valence-electron chi connectivity index (χ4n) is 1.82. The highest BCUT2D eigenvalue weighted by Gasteiger charge is 2.13. The number of methoxy groups -OCH3 is 1. The summed E-state index contributed by atoms with van der Waals surface area (Å²) >= 11 is 0. The average molecular weight is 229 g/mol. The number of benzene rings is 2. The van der Waals surface area contributed by atoms with Gasteiger partial charge in [-0.3, -0.25) is 0 Å². The number of ether oxygens (including phenoxy) is 1. The summed E-state index contributed by atoms with van der Waals surface area (Å²) in [5.74, 6) is -0.266. The van der Waals surface area contributed by atoms with Gasteiger partial charge in [0, 0.05) is 11.1 Å². The minimum Gasteiger partial charge on any atom is -0.467 e. The Hall–Kier alpha value is -2.03. The zero-order valence-electron chi connectivity index (χ0n) is 9.94. The lowest BCUT2D eigenvalue weighted by Crippen LogP contribution is -2.27. The van der Waals surface area contributed by atoms with Crippen LogP contribution in [-0.2, 0) is 9.53 Å². The number of anilines is 1. The summed E-state index contributed by atoms with van der Waals surface area (Å²) in [6.45, 7) is 1.79. The van der Waals surface area contributed by atoms with E-state index in [0.717, 1.165) is 16.5 Å². The van der Waals surface area contributed by atoms with E-state index in [9.17, 15) is 4.79 Å². The molecule has 0 fully saturated rings. The van der Waals surface area contributed by atoms with Crippen molar-refractivity contribution in [2.75, 3.05) is 12.4 Å². The molecule has 0 amide bonds. The van der Waals surface area contributed by atoms with Crippen molar-refractivity contribution in [1.82, 2.24) is 0 Å². The second-order valence-electron chi connectivity index (χ2n) is 3.92. The van der Waals surface area contributed by atoms with Gasteiger partial charge in [0.25, 0.3) is 0 Å². The van der Waals surface area contributed by atoms with Crippen LogP contribution >= 0.6 is 0 Å². The molecule has 3 heteroatoms. The summed E-state index contributed by atoms with van der Waals surface area (Å²) in [5.41, 5.74) is 0.945. The summed E-state index contributed by atoms with van der Waals surface area (Å²) in [6.07, 6.45) is 0. The predicted molar refractivity (Wildman–Crippen MR) is 69.0 cm³/mol. The minimum absolute atomic E-state index is 0.266. The Morgan fingerprint density at radius 1 is 1.18 bits per heavy atom. The molecule has 1 atom stereocenters. The predicted octanol–water partition coefficient (Wildman–Crippen LogP) is 2.81. The smallest absolute Gasteiger partial charge is 0.327 e. The van der Waals surface area contributed by atoms with Crippen LogP contribution in [0.4, 0.5) is 5.69 Å². The van der Waals surface area contributed by atoms with Crippen molar-refractivity contribution < 1.29 is 9.53 Å². The molecule has 17 heavy (non-hydrogen) atoms. The third kappa shape index (κ3) is 2.38.